The van der Waals surface area contributed by atoms with E-state index in [-0.39, 0.29) is 11.8 Å². The molecule has 2 aliphatic rings. The summed E-state index contributed by atoms with van der Waals surface area (Å²) in [6.45, 7) is 3.44. The van der Waals surface area contributed by atoms with Gasteiger partial charge in [-0.25, -0.2) is 4.98 Å². The molecule has 0 aliphatic carbocycles. The van der Waals surface area contributed by atoms with Crippen LogP contribution in [0, 0.1) is 5.92 Å². The first kappa shape index (κ1) is 26.3. The van der Waals surface area contributed by atoms with E-state index in [9.17, 15) is 18.0 Å². The number of hydrogen-bond donors (Lipinski definition) is 0. The van der Waals surface area contributed by atoms with Gasteiger partial charge in [-0.05, 0) is 48.7 Å². The standard InChI is InChI=1S/C27H30F3N5O2S/c1-37-23-9-2-5-19(15-23)16-24-31-26(38-32-24)35-10-4-6-20(18-35)25(36)34-13-11-33(12-14-34)22-8-3-7-21(17-22)27(28,29)30/h2-3,5,7-9,15,17,20H,4,6,10-14,16,18H2,1H3. The number of carbonyl (C=O) groups is 1. The molecule has 2 saturated heterocycles. The smallest absolute Gasteiger partial charge is 0.416 e. The van der Waals surface area contributed by atoms with E-state index in [1.807, 2.05) is 34.1 Å². The number of carbonyl (C=O) groups excluding carboxylic acids is 1. The van der Waals surface area contributed by atoms with Crippen molar-refractivity contribution < 1.29 is 22.7 Å². The van der Waals surface area contributed by atoms with Crippen LogP contribution in [0.2, 0.25) is 0 Å². The van der Waals surface area contributed by atoms with Crippen molar-refractivity contribution in [3.63, 3.8) is 0 Å². The molecule has 2 aliphatic heterocycles. The number of alkyl halides is 3. The van der Waals surface area contributed by atoms with Gasteiger partial charge < -0.3 is 19.4 Å². The third kappa shape index (κ3) is 6.03. The van der Waals surface area contributed by atoms with E-state index in [2.05, 4.69) is 9.27 Å². The van der Waals surface area contributed by atoms with Crippen LogP contribution in [-0.2, 0) is 17.4 Å². The molecule has 0 bridgehead atoms. The molecule has 5 rings (SSSR count). The highest BCUT2D eigenvalue weighted by molar-refractivity contribution is 7.09. The molecular formula is C27H30F3N5O2S. The molecule has 1 unspecified atom stereocenters. The number of amides is 1. The highest BCUT2D eigenvalue weighted by Crippen LogP contribution is 2.32. The summed E-state index contributed by atoms with van der Waals surface area (Å²) in [4.78, 5) is 24.0. The number of methoxy groups -OCH3 is 1. The normalized spacial score (nSPS) is 18.5. The van der Waals surface area contributed by atoms with Gasteiger partial charge in [-0.2, -0.15) is 17.5 Å². The molecule has 7 nitrogen and oxygen atoms in total. The summed E-state index contributed by atoms with van der Waals surface area (Å²) in [6, 6.07) is 13.2. The number of benzene rings is 2. The summed E-state index contributed by atoms with van der Waals surface area (Å²) in [5, 5.41) is 0.828. The zero-order chi connectivity index (χ0) is 26.7. The summed E-state index contributed by atoms with van der Waals surface area (Å²) in [7, 11) is 1.64. The van der Waals surface area contributed by atoms with Crippen LogP contribution in [0.15, 0.2) is 48.5 Å². The van der Waals surface area contributed by atoms with Gasteiger partial charge in [0.2, 0.25) is 11.0 Å². The largest absolute Gasteiger partial charge is 0.497 e. The Hall–Kier alpha value is -3.34. The zero-order valence-electron chi connectivity index (χ0n) is 21.2. The lowest BCUT2D eigenvalue weighted by Crippen LogP contribution is -2.52. The molecule has 0 spiro atoms. The molecule has 2 aromatic carbocycles. The maximum atomic E-state index is 13.4. The monoisotopic (exact) mass is 545 g/mol. The SMILES string of the molecule is COc1cccc(Cc2nsc(N3CCCC(C(=O)N4CCN(c5cccc(C(F)(F)F)c5)CC4)C3)n2)c1. The Bertz CT molecular complexity index is 1260. The molecule has 3 aromatic rings. The quantitative estimate of drug-likeness (QED) is 0.447. The minimum atomic E-state index is -4.37. The van der Waals surface area contributed by atoms with Crippen LogP contribution < -0.4 is 14.5 Å². The summed E-state index contributed by atoms with van der Waals surface area (Å²) in [5.41, 5.74) is 0.959. The fourth-order valence-corrected chi connectivity index (χ4v) is 5.80. The fraction of sp³-hybridized carbons (Fsp3) is 0.444. The maximum absolute atomic E-state index is 13.4. The number of hydrogen-bond acceptors (Lipinski definition) is 7. The molecule has 1 aromatic heterocycles. The van der Waals surface area contributed by atoms with E-state index in [4.69, 9.17) is 9.72 Å². The van der Waals surface area contributed by atoms with Crippen LogP contribution in [0.5, 0.6) is 5.75 Å². The van der Waals surface area contributed by atoms with Crippen molar-refractivity contribution in [2.45, 2.75) is 25.4 Å². The highest BCUT2D eigenvalue weighted by atomic mass is 32.1. The number of nitrogens with zero attached hydrogens (tertiary/aromatic N) is 5. The lowest BCUT2D eigenvalue weighted by molar-refractivity contribution is -0.137. The lowest BCUT2D eigenvalue weighted by Gasteiger charge is -2.39. The minimum Gasteiger partial charge on any atom is -0.497 e. The van der Waals surface area contributed by atoms with Crippen molar-refractivity contribution >= 4 is 28.3 Å². The number of aromatic nitrogens is 2. The molecule has 2 fully saturated rings. The Morgan fingerprint density at radius 2 is 1.84 bits per heavy atom. The predicted octanol–water partition coefficient (Wildman–Crippen LogP) is 4.72. The van der Waals surface area contributed by atoms with Crippen molar-refractivity contribution in [1.29, 1.82) is 0 Å². The number of ether oxygens (including phenoxy) is 1. The second kappa shape index (κ2) is 11.2. The lowest BCUT2D eigenvalue weighted by atomic mass is 9.96. The van der Waals surface area contributed by atoms with E-state index in [0.717, 1.165) is 47.7 Å². The van der Waals surface area contributed by atoms with Gasteiger partial charge in [-0.15, -0.1) is 0 Å². The Morgan fingerprint density at radius 1 is 1.05 bits per heavy atom. The molecule has 0 radical (unpaired) electrons. The second-order valence-corrected chi connectivity index (χ2v) is 10.4. The number of anilines is 2. The predicted molar refractivity (Wildman–Crippen MR) is 141 cm³/mol. The Balaban J connectivity index is 1.16. The number of halogens is 3. The van der Waals surface area contributed by atoms with E-state index < -0.39 is 11.7 Å². The molecule has 0 N–H and O–H groups in total. The van der Waals surface area contributed by atoms with Crippen LogP contribution in [-0.4, -0.2) is 66.5 Å². The van der Waals surface area contributed by atoms with Crippen LogP contribution in [0.25, 0.3) is 0 Å². The molecule has 0 saturated carbocycles. The average molecular weight is 546 g/mol. The second-order valence-electron chi connectivity index (χ2n) is 9.67. The van der Waals surface area contributed by atoms with Crippen LogP contribution in [0.3, 0.4) is 0 Å². The molecule has 3 heterocycles. The van der Waals surface area contributed by atoms with Crippen molar-refractivity contribution in [3.05, 3.63) is 65.5 Å². The molecule has 1 amide bonds. The average Bonchev–Trinajstić information content (AvgIpc) is 3.41. The van der Waals surface area contributed by atoms with E-state index in [1.54, 1.807) is 13.2 Å². The van der Waals surface area contributed by atoms with Gasteiger partial charge in [0.1, 0.15) is 11.6 Å². The van der Waals surface area contributed by atoms with Crippen LogP contribution in [0.4, 0.5) is 24.0 Å². The molecule has 1 atom stereocenters. The third-order valence-corrected chi connectivity index (χ3v) is 7.94. The first-order chi connectivity index (χ1) is 18.3. The van der Waals surface area contributed by atoms with Gasteiger partial charge in [0, 0.05) is 62.9 Å². The van der Waals surface area contributed by atoms with Crippen molar-refractivity contribution in [3.8, 4) is 5.75 Å². The first-order valence-electron chi connectivity index (χ1n) is 12.7. The topological polar surface area (TPSA) is 61.8 Å². The minimum absolute atomic E-state index is 0.111. The van der Waals surface area contributed by atoms with Gasteiger partial charge in [0.15, 0.2) is 0 Å². The Labute approximate surface area is 224 Å². The highest BCUT2D eigenvalue weighted by Gasteiger charge is 2.33. The fourth-order valence-electron chi connectivity index (χ4n) is 5.08. The third-order valence-electron chi connectivity index (χ3n) is 7.12. The van der Waals surface area contributed by atoms with Crippen molar-refractivity contribution in [2.75, 3.05) is 56.2 Å². The van der Waals surface area contributed by atoms with E-state index in [0.29, 0.717) is 44.8 Å². The van der Waals surface area contributed by atoms with Gasteiger partial charge in [-0.1, -0.05) is 18.2 Å². The van der Waals surface area contributed by atoms with Crippen LogP contribution in [0.1, 0.15) is 29.8 Å². The number of rotatable bonds is 6. The van der Waals surface area contributed by atoms with Gasteiger partial charge in [0.05, 0.1) is 18.6 Å². The molecule has 202 valence electrons. The first-order valence-corrected chi connectivity index (χ1v) is 13.5. The van der Waals surface area contributed by atoms with E-state index in [1.165, 1.54) is 23.7 Å². The molecular weight excluding hydrogens is 515 g/mol. The number of piperazine rings is 1. The van der Waals surface area contributed by atoms with E-state index >= 15 is 0 Å². The summed E-state index contributed by atoms with van der Waals surface area (Å²) >= 11 is 1.36. The summed E-state index contributed by atoms with van der Waals surface area (Å²) in [6.07, 6.45) is -2.05. The zero-order valence-corrected chi connectivity index (χ0v) is 22.0. The van der Waals surface area contributed by atoms with Gasteiger partial charge in [0.25, 0.3) is 0 Å². The van der Waals surface area contributed by atoms with Gasteiger partial charge in [-0.3, -0.25) is 4.79 Å². The number of piperidine rings is 1. The maximum Gasteiger partial charge on any atom is 0.416 e. The molecule has 11 heteroatoms. The Kier molecular flexibility index (Phi) is 7.73. The summed E-state index contributed by atoms with van der Waals surface area (Å²) < 4.78 is 49.1. The Morgan fingerprint density at radius 3 is 2.61 bits per heavy atom. The summed E-state index contributed by atoms with van der Waals surface area (Å²) in [5.74, 6) is 1.53. The molecule has 38 heavy (non-hydrogen) atoms. The van der Waals surface area contributed by atoms with Crippen molar-refractivity contribution in [2.24, 2.45) is 5.92 Å². The van der Waals surface area contributed by atoms with Gasteiger partial charge >= 0.3 is 6.18 Å². The van der Waals surface area contributed by atoms with Crippen molar-refractivity contribution in [1.82, 2.24) is 14.3 Å². The van der Waals surface area contributed by atoms with Crippen LogP contribution >= 0.6 is 11.5 Å².